The van der Waals surface area contributed by atoms with Gasteiger partial charge in [0.15, 0.2) is 0 Å². The lowest BCUT2D eigenvalue weighted by Gasteiger charge is -2.19. The molecule has 102 valence electrons. The monoisotopic (exact) mass is 268 g/mol. The third-order valence-corrected chi connectivity index (χ3v) is 3.56. The molecule has 1 atom stereocenters. The van der Waals surface area contributed by atoms with Crippen LogP contribution in [0.25, 0.3) is 0 Å². The van der Waals surface area contributed by atoms with Crippen molar-refractivity contribution in [2.24, 2.45) is 5.73 Å². The highest BCUT2D eigenvalue weighted by Gasteiger charge is 2.07. The Bertz CT molecular complexity index is 340. The lowest BCUT2D eigenvalue weighted by atomic mass is 10.2. The van der Waals surface area contributed by atoms with E-state index in [9.17, 15) is 5.11 Å². The van der Waals surface area contributed by atoms with Crippen molar-refractivity contribution in [1.29, 1.82) is 0 Å². The number of aliphatic hydroxyl groups excluding tert-OH is 1. The van der Waals surface area contributed by atoms with Gasteiger partial charge in [-0.2, -0.15) is 0 Å². The van der Waals surface area contributed by atoms with Crippen LogP contribution in [-0.4, -0.2) is 41.5 Å². The van der Waals surface area contributed by atoms with E-state index in [-0.39, 0.29) is 0 Å². The molecular formula is C14H24N2OS. The molecule has 0 aliphatic heterocycles. The summed E-state index contributed by atoms with van der Waals surface area (Å²) in [4.78, 5) is 3.39. The predicted molar refractivity (Wildman–Crippen MR) is 78.8 cm³/mol. The van der Waals surface area contributed by atoms with E-state index >= 15 is 0 Å². The molecule has 1 aromatic carbocycles. The van der Waals surface area contributed by atoms with Gasteiger partial charge in [-0.1, -0.05) is 26.0 Å². The number of nitrogens with two attached hydrogens (primary N) is 1. The first-order valence-electron chi connectivity index (χ1n) is 6.33. The summed E-state index contributed by atoms with van der Waals surface area (Å²) in [6, 6.07) is 8.62. The van der Waals surface area contributed by atoms with Crippen LogP contribution in [0, 0.1) is 0 Å². The van der Waals surface area contributed by atoms with E-state index in [0.29, 0.717) is 18.3 Å². The summed E-state index contributed by atoms with van der Waals surface area (Å²) in [6.07, 6.45) is -0.439. The number of aliphatic hydroxyl groups is 1. The van der Waals surface area contributed by atoms with Gasteiger partial charge in [-0.3, -0.25) is 4.90 Å². The first-order valence-corrected chi connectivity index (χ1v) is 7.21. The van der Waals surface area contributed by atoms with Crippen molar-refractivity contribution < 1.29 is 5.11 Å². The lowest BCUT2D eigenvalue weighted by Crippen LogP contribution is -2.33. The van der Waals surface area contributed by atoms with Gasteiger partial charge in [-0.05, 0) is 24.7 Å². The Kier molecular flexibility index (Phi) is 6.71. The molecular weight excluding hydrogens is 244 g/mol. The molecule has 0 radical (unpaired) electrons. The number of rotatable bonds is 7. The highest BCUT2D eigenvalue weighted by atomic mass is 32.2. The first kappa shape index (κ1) is 15.5. The van der Waals surface area contributed by atoms with Crippen molar-refractivity contribution in [1.82, 2.24) is 4.90 Å². The minimum absolute atomic E-state index is 0.314. The summed E-state index contributed by atoms with van der Waals surface area (Å²) in [5, 5.41) is 10.1. The number of hydrogen-bond donors (Lipinski definition) is 2. The van der Waals surface area contributed by atoms with Gasteiger partial charge in [-0.25, -0.2) is 0 Å². The Morgan fingerprint density at radius 3 is 2.39 bits per heavy atom. The molecule has 0 bridgehead atoms. The first-order chi connectivity index (χ1) is 8.51. The summed E-state index contributed by atoms with van der Waals surface area (Å²) in [5.41, 5.74) is 6.66. The molecule has 0 fully saturated rings. The molecule has 1 aromatic rings. The van der Waals surface area contributed by atoms with Crippen molar-refractivity contribution >= 4 is 11.8 Å². The van der Waals surface area contributed by atoms with Gasteiger partial charge in [0, 0.05) is 29.8 Å². The second-order valence-electron chi connectivity index (χ2n) is 4.90. The molecule has 0 aromatic heterocycles. The van der Waals surface area contributed by atoms with Crippen LogP contribution >= 0.6 is 11.8 Å². The SMILES string of the molecule is CC(C)Sc1ccc(CN(C)CC(O)CN)cc1. The summed E-state index contributed by atoms with van der Waals surface area (Å²) >= 11 is 1.87. The van der Waals surface area contributed by atoms with Crippen molar-refractivity contribution in [3.8, 4) is 0 Å². The molecule has 18 heavy (non-hydrogen) atoms. The molecule has 4 heteroatoms. The van der Waals surface area contributed by atoms with Crippen molar-refractivity contribution in [3.63, 3.8) is 0 Å². The normalized spacial score (nSPS) is 13.3. The van der Waals surface area contributed by atoms with E-state index in [1.807, 2.05) is 18.8 Å². The van der Waals surface area contributed by atoms with E-state index in [4.69, 9.17) is 5.73 Å². The molecule has 0 aliphatic carbocycles. The van der Waals surface area contributed by atoms with Crippen LogP contribution in [-0.2, 0) is 6.54 Å². The topological polar surface area (TPSA) is 49.5 Å². The molecule has 0 heterocycles. The van der Waals surface area contributed by atoms with E-state index in [2.05, 4.69) is 43.0 Å². The fraction of sp³-hybridized carbons (Fsp3) is 0.571. The predicted octanol–water partition coefficient (Wildman–Crippen LogP) is 1.94. The minimum Gasteiger partial charge on any atom is -0.390 e. The molecule has 1 unspecified atom stereocenters. The molecule has 0 amide bonds. The van der Waals surface area contributed by atoms with Gasteiger partial charge in [0.25, 0.3) is 0 Å². The average molecular weight is 268 g/mol. The third-order valence-electron chi connectivity index (χ3n) is 2.54. The molecule has 3 nitrogen and oxygen atoms in total. The van der Waals surface area contributed by atoms with Gasteiger partial charge in [0.2, 0.25) is 0 Å². The van der Waals surface area contributed by atoms with Crippen LogP contribution in [0.2, 0.25) is 0 Å². The van der Waals surface area contributed by atoms with Gasteiger partial charge in [0.1, 0.15) is 0 Å². The Balaban J connectivity index is 2.47. The van der Waals surface area contributed by atoms with Crippen LogP contribution < -0.4 is 5.73 Å². The smallest absolute Gasteiger partial charge is 0.0789 e. The third kappa shape index (κ3) is 5.87. The number of nitrogens with zero attached hydrogens (tertiary/aromatic N) is 1. The van der Waals surface area contributed by atoms with Crippen LogP contribution in [0.15, 0.2) is 29.2 Å². The van der Waals surface area contributed by atoms with Gasteiger partial charge < -0.3 is 10.8 Å². The van der Waals surface area contributed by atoms with Crippen molar-refractivity contribution in [3.05, 3.63) is 29.8 Å². The van der Waals surface area contributed by atoms with E-state index in [1.54, 1.807) is 0 Å². The molecule has 0 aliphatic rings. The Morgan fingerprint density at radius 2 is 1.89 bits per heavy atom. The van der Waals surface area contributed by atoms with E-state index < -0.39 is 6.10 Å². The quantitative estimate of drug-likeness (QED) is 0.742. The molecule has 0 saturated heterocycles. The fourth-order valence-electron chi connectivity index (χ4n) is 1.76. The van der Waals surface area contributed by atoms with Gasteiger partial charge in [0.05, 0.1) is 6.10 Å². The standard InChI is InChI=1S/C14H24N2OS/c1-11(2)18-14-6-4-12(5-7-14)9-16(3)10-13(17)8-15/h4-7,11,13,17H,8-10,15H2,1-3H3. The van der Waals surface area contributed by atoms with Gasteiger partial charge >= 0.3 is 0 Å². The molecule has 1 rings (SSSR count). The maximum absolute atomic E-state index is 9.48. The van der Waals surface area contributed by atoms with E-state index in [1.165, 1.54) is 10.5 Å². The fourth-order valence-corrected chi connectivity index (χ4v) is 2.59. The number of likely N-dealkylation sites (N-methyl/N-ethyl adjacent to an activating group) is 1. The van der Waals surface area contributed by atoms with Crippen LogP contribution in [0.3, 0.4) is 0 Å². The zero-order valence-corrected chi connectivity index (χ0v) is 12.3. The molecule has 0 spiro atoms. The second kappa shape index (κ2) is 7.79. The van der Waals surface area contributed by atoms with Crippen LogP contribution in [0.1, 0.15) is 19.4 Å². The van der Waals surface area contributed by atoms with Crippen LogP contribution in [0.4, 0.5) is 0 Å². The summed E-state index contributed by atoms with van der Waals surface area (Å²) < 4.78 is 0. The second-order valence-corrected chi connectivity index (χ2v) is 6.55. The summed E-state index contributed by atoms with van der Waals surface area (Å²) in [6.45, 7) is 6.15. The maximum Gasteiger partial charge on any atom is 0.0789 e. The van der Waals surface area contributed by atoms with Gasteiger partial charge in [-0.15, -0.1) is 11.8 Å². The van der Waals surface area contributed by atoms with Crippen molar-refractivity contribution in [2.45, 2.75) is 36.6 Å². The number of hydrogen-bond acceptors (Lipinski definition) is 4. The molecule has 3 N–H and O–H groups in total. The number of thioether (sulfide) groups is 1. The zero-order valence-electron chi connectivity index (χ0n) is 11.5. The summed E-state index contributed by atoms with van der Waals surface area (Å²) in [5.74, 6) is 0. The Morgan fingerprint density at radius 1 is 1.28 bits per heavy atom. The highest BCUT2D eigenvalue weighted by Crippen LogP contribution is 2.23. The van der Waals surface area contributed by atoms with Crippen molar-refractivity contribution in [2.75, 3.05) is 20.1 Å². The lowest BCUT2D eigenvalue weighted by molar-refractivity contribution is 0.129. The van der Waals surface area contributed by atoms with E-state index in [0.717, 1.165) is 6.54 Å². The Hall–Kier alpha value is -0.550. The number of benzene rings is 1. The zero-order chi connectivity index (χ0) is 13.5. The Labute approximate surface area is 114 Å². The van der Waals surface area contributed by atoms with Crippen LogP contribution in [0.5, 0.6) is 0 Å². The summed E-state index contributed by atoms with van der Waals surface area (Å²) in [7, 11) is 2.00. The molecule has 0 saturated carbocycles. The highest BCUT2D eigenvalue weighted by molar-refractivity contribution is 7.99. The minimum atomic E-state index is -0.439. The maximum atomic E-state index is 9.48. The average Bonchev–Trinajstić information content (AvgIpc) is 2.30. The largest absolute Gasteiger partial charge is 0.390 e.